The summed E-state index contributed by atoms with van der Waals surface area (Å²) in [5.74, 6) is 0.0526. The Hall–Kier alpha value is -4.98. The maximum atomic E-state index is 12.9. The van der Waals surface area contributed by atoms with Gasteiger partial charge < -0.3 is 14.6 Å². The number of carbonyl (C=O) groups excluding carboxylic acids is 1. The number of nitro groups is 1. The fourth-order valence-electron chi connectivity index (χ4n) is 4.80. The van der Waals surface area contributed by atoms with Gasteiger partial charge in [0.15, 0.2) is 5.58 Å². The van der Waals surface area contributed by atoms with E-state index in [1.54, 1.807) is 30.3 Å². The topological polar surface area (TPSA) is 102 Å². The number of benzene rings is 4. The molecule has 0 atom stereocenters. The Kier molecular flexibility index (Phi) is 6.05. The highest BCUT2D eigenvalue weighted by atomic mass is 16.6. The molecule has 0 unspecified atom stereocenters. The minimum Gasteiger partial charge on any atom is -0.436 e. The fraction of sp³-hybridized carbons (Fsp3) is 0.133. The van der Waals surface area contributed by atoms with E-state index in [-0.39, 0.29) is 11.3 Å². The fourth-order valence-corrected chi connectivity index (χ4v) is 4.80. The molecule has 0 radical (unpaired) electrons. The van der Waals surface area contributed by atoms with Gasteiger partial charge in [-0.05, 0) is 66.4 Å². The number of aromatic nitrogens is 1. The number of rotatable bonds is 6. The minimum absolute atomic E-state index is 0.0607. The Balaban J connectivity index is 1.21. The molecule has 1 N–H and O–H groups in total. The molecule has 1 aliphatic heterocycles. The molecule has 8 nitrogen and oxygen atoms in total. The molecule has 1 aliphatic rings. The number of nitrogens with one attached hydrogen (secondary N) is 1. The number of anilines is 2. The largest absolute Gasteiger partial charge is 0.436 e. The van der Waals surface area contributed by atoms with Crippen molar-refractivity contribution in [1.82, 2.24) is 4.98 Å². The standard InChI is InChI=1S/C30H24N4O4/c35-29(23-12-14-26(27(18-23)34(36)37)33-16-4-5-17-33)31-24-13-15-28-25(19-24)32-30(38-28)22-10-8-21(9-11-22)20-6-2-1-3-7-20/h1-3,6-15,18-19H,4-5,16-17H2,(H,31,35). The third-order valence-electron chi connectivity index (χ3n) is 6.77. The van der Waals surface area contributed by atoms with E-state index < -0.39 is 10.8 Å². The quantitative estimate of drug-likeness (QED) is 0.199. The molecule has 1 saturated heterocycles. The second kappa shape index (κ2) is 9.82. The first kappa shape index (κ1) is 23.4. The first-order valence-electron chi connectivity index (χ1n) is 12.5. The Labute approximate surface area is 218 Å². The van der Waals surface area contributed by atoms with Crippen LogP contribution in [0.15, 0.2) is 95.4 Å². The summed E-state index contributed by atoms with van der Waals surface area (Å²) in [6.45, 7) is 1.56. The van der Waals surface area contributed by atoms with E-state index in [0.717, 1.165) is 42.6 Å². The van der Waals surface area contributed by atoms with Crippen molar-refractivity contribution in [1.29, 1.82) is 0 Å². The van der Waals surface area contributed by atoms with Gasteiger partial charge in [-0.25, -0.2) is 4.98 Å². The summed E-state index contributed by atoms with van der Waals surface area (Å²) in [6, 6.07) is 27.9. The molecule has 0 aliphatic carbocycles. The molecule has 0 bridgehead atoms. The zero-order valence-electron chi connectivity index (χ0n) is 20.5. The first-order chi connectivity index (χ1) is 18.5. The number of hydrogen-bond donors (Lipinski definition) is 1. The third-order valence-corrected chi connectivity index (χ3v) is 6.77. The van der Waals surface area contributed by atoms with Gasteiger partial charge in [-0.2, -0.15) is 0 Å². The van der Waals surface area contributed by atoms with Crippen molar-refractivity contribution in [3.8, 4) is 22.6 Å². The lowest BCUT2D eigenvalue weighted by atomic mass is 10.0. The second-order valence-electron chi connectivity index (χ2n) is 9.25. The minimum atomic E-state index is -0.431. The average molecular weight is 505 g/mol. The summed E-state index contributed by atoms with van der Waals surface area (Å²) in [5, 5.41) is 14.5. The van der Waals surface area contributed by atoms with Crippen molar-refractivity contribution < 1.29 is 14.1 Å². The van der Waals surface area contributed by atoms with Crippen LogP contribution in [0.1, 0.15) is 23.2 Å². The zero-order valence-corrected chi connectivity index (χ0v) is 20.5. The summed E-state index contributed by atoms with van der Waals surface area (Å²) in [4.78, 5) is 30.8. The van der Waals surface area contributed by atoms with Gasteiger partial charge in [-0.15, -0.1) is 0 Å². The van der Waals surface area contributed by atoms with Gasteiger partial charge in [0.1, 0.15) is 11.2 Å². The molecule has 0 saturated carbocycles. The van der Waals surface area contributed by atoms with Crippen LogP contribution < -0.4 is 10.2 Å². The van der Waals surface area contributed by atoms with E-state index in [4.69, 9.17) is 4.42 Å². The SMILES string of the molecule is O=C(Nc1ccc2oc(-c3ccc(-c4ccccc4)cc3)nc2c1)c1ccc(N2CCCC2)c([N+](=O)[O-])c1. The number of hydrogen-bond acceptors (Lipinski definition) is 6. The number of amides is 1. The number of fused-ring (bicyclic) bond motifs is 1. The van der Waals surface area contributed by atoms with Crippen LogP contribution in [0.4, 0.5) is 17.1 Å². The lowest BCUT2D eigenvalue weighted by Crippen LogP contribution is -2.19. The van der Waals surface area contributed by atoms with Gasteiger partial charge >= 0.3 is 0 Å². The van der Waals surface area contributed by atoms with Crippen LogP contribution >= 0.6 is 0 Å². The zero-order chi connectivity index (χ0) is 26.1. The maximum Gasteiger partial charge on any atom is 0.293 e. The van der Waals surface area contributed by atoms with E-state index in [1.165, 1.54) is 6.07 Å². The molecular weight excluding hydrogens is 480 g/mol. The molecule has 38 heavy (non-hydrogen) atoms. The Morgan fingerprint density at radius 1 is 0.868 bits per heavy atom. The van der Waals surface area contributed by atoms with Gasteiger partial charge in [0.25, 0.3) is 11.6 Å². The summed E-state index contributed by atoms with van der Waals surface area (Å²) in [7, 11) is 0. The van der Waals surface area contributed by atoms with Gasteiger partial charge in [-0.1, -0.05) is 42.5 Å². The number of oxazole rings is 1. The highest BCUT2D eigenvalue weighted by Gasteiger charge is 2.24. The van der Waals surface area contributed by atoms with E-state index in [1.807, 2.05) is 47.4 Å². The van der Waals surface area contributed by atoms with E-state index in [0.29, 0.717) is 28.4 Å². The molecule has 0 spiro atoms. The van der Waals surface area contributed by atoms with Gasteiger partial charge in [0, 0.05) is 36.0 Å². The van der Waals surface area contributed by atoms with Crippen LogP contribution in [-0.4, -0.2) is 28.9 Å². The van der Waals surface area contributed by atoms with Gasteiger partial charge in [0.05, 0.1) is 4.92 Å². The van der Waals surface area contributed by atoms with E-state index in [2.05, 4.69) is 22.4 Å². The summed E-state index contributed by atoms with van der Waals surface area (Å²) < 4.78 is 5.94. The summed E-state index contributed by atoms with van der Waals surface area (Å²) in [6.07, 6.45) is 2.01. The monoisotopic (exact) mass is 504 g/mol. The smallest absolute Gasteiger partial charge is 0.293 e. The molecule has 6 rings (SSSR count). The lowest BCUT2D eigenvalue weighted by molar-refractivity contribution is -0.384. The average Bonchev–Trinajstić information content (AvgIpc) is 3.64. The van der Waals surface area contributed by atoms with Gasteiger partial charge in [0.2, 0.25) is 5.89 Å². The van der Waals surface area contributed by atoms with Crippen molar-refractivity contribution in [3.63, 3.8) is 0 Å². The molecule has 1 fully saturated rings. The predicted octanol–water partition coefficient (Wildman–Crippen LogP) is 6.92. The molecule has 1 amide bonds. The maximum absolute atomic E-state index is 12.9. The van der Waals surface area contributed by atoms with Crippen LogP contribution in [0.5, 0.6) is 0 Å². The molecule has 2 heterocycles. The molecule has 4 aromatic carbocycles. The highest BCUT2D eigenvalue weighted by Crippen LogP contribution is 2.32. The lowest BCUT2D eigenvalue weighted by Gasteiger charge is -2.17. The number of nitrogens with zero attached hydrogens (tertiary/aromatic N) is 3. The van der Waals surface area contributed by atoms with Crippen LogP contribution in [0.2, 0.25) is 0 Å². The van der Waals surface area contributed by atoms with Crippen molar-refractivity contribution in [2.75, 3.05) is 23.3 Å². The molecule has 5 aromatic rings. The van der Waals surface area contributed by atoms with Crippen LogP contribution in [-0.2, 0) is 0 Å². The molecule has 1 aromatic heterocycles. The third kappa shape index (κ3) is 4.59. The Morgan fingerprint density at radius 3 is 2.32 bits per heavy atom. The Bertz CT molecular complexity index is 1640. The normalized spacial score (nSPS) is 13.1. The number of nitro benzene ring substituents is 1. The molecule has 8 heteroatoms. The van der Waals surface area contributed by atoms with Gasteiger partial charge in [-0.3, -0.25) is 14.9 Å². The van der Waals surface area contributed by atoms with Crippen molar-refractivity contribution in [3.05, 3.63) is 107 Å². The van der Waals surface area contributed by atoms with Crippen molar-refractivity contribution in [2.24, 2.45) is 0 Å². The van der Waals surface area contributed by atoms with E-state index in [9.17, 15) is 14.9 Å². The van der Waals surface area contributed by atoms with E-state index >= 15 is 0 Å². The van der Waals surface area contributed by atoms with Crippen LogP contribution in [0, 0.1) is 10.1 Å². The van der Waals surface area contributed by atoms with Crippen LogP contribution in [0.25, 0.3) is 33.7 Å². The second-order valence-corrected chi connectivity index (χ2v) is 9.25. The number of carbonyl (C=O) groups is 1. The summed E-state index contributed by atoms with van der Waals surface area (Å²) >= 11 is 0. The van der Waals surface area contributed by atoms with Crippen molar-refractivity contribution in [2.45, 2.75) is 12.8 Å². The van der Waals surface area contributed by atoms with Crippen LogP contribution in [0.3, 0.4) is 0 Å². The molecular formula is C30H24N4O4. The first-order valence-corrected chi connectivity index (χ1v) is 12.5. The predicted molar refractivity (Wildman–Crippen MR) is 147 cm³/mol. The summed E-state index contributed by atoms with van der Waals surface area (Å²) in [5.41, 5.74) is 5.50. The van der Waals surface area contributed by atoms with Crippen molar-refractivity contribution >= 4 is 34.1 Å². The highest BCUT2D eigenvalue weighted by molar-refractivity contribution is 6.05. The Morgan fingerprint density at radius 2 is 1.58 bits per heavy atom. The molecule has 188 valence electrons.